The second kappa shape index (κ2) is 3.63. The van der Waals surface area contributed by atoms with Crippen LogP contribution in [-0.4, -0.2) is 20.2 Å². The Labute approximate surface area is 99.6 Å². The highest BCUT2D eigenvalue weighted by molar-refractivity contribution is 5.55. The molecule has 1 aliphatic rings. The average Bonchev–Trinajstić information content (AvgIpc) is 2.95. The van der Waals surface area contributed by atoms with Crippen LogP contribution in [0, 0.1) is 0 Å². The van der Waals surface area contributed by atoms with Crippen molar-refractivity contribution in [3.05, 3.63) is 29.8 Å². The summed E-state index contributed by atoms with van der Waals surface area (Å²) in [7, 11) is 0. The van der Waals surface area contributed by atoms with E-state index in [1.54, 1.807) is 4.68 Å². The summed E-state index contributed by atoms with van der Waals surface area (Å²) in [4.78, 5) is 0. The van der Waals surface area contributed by atoms with Crippen LogP contribution in [0.4, 0.5) is 0 Å². The molecule has 1 heterocycles. The van der Waals surface area contributed by atoms with Crippen LogP contribution >= 0.6 is 0 Å². The molecule has 0 saturated heterocycles. The van der Waals surface area contributed by atoms with E-state index in [0.29, 0.717) is 0 Å². The highest BCUT2D eigenvalue weighted by Crippen LogP contribution is 2.42. The summed E-state index contributed by atoms with van der Waals surface area (Å²) >= 11 is 0. The van der Waals surface area contributed by atoms with Gasteiger partial charge in [-0.2, -0.15) is 0 Å². The van der Waals surface area contributed by atoms with Crippen LogP contribution in [0.3, 0.4) is 0 Å². The van der Waals surface area contributed by atoms with Crippen molar-refractivity contribution in [2.75, 3.05) is 0 Å². The highest BCUT2D eigenvalue weighted by Gasteiger charge is 2.39. The van der Waals surface area contributed by atoms with Gasteiger partial charge in [-0.15, -0.1) is 5.10 Å². The second-order valence-electron chi connectivity index (χ2n) is 4.55. The monoisotopic (exact) mass is 229 g/mol. The van der Waals surface area contributed by atoms with Gasteiger partial charge in [-0.3, -0.25) is 0 Å². The molecule has 1 aliphatic carbocycles. The maximum absolute atomic E-state index is 6.15. The molecule has 1 saturated carbocycles. The van der Waals surface area contributed by atoms with E-state index in [0.717, 1.165) is 30.8 Å². The Hall–Kier alpha value is -1.75. The third-order valence-corrected chi connectivity index (χ3v) is 3.34. The van der Waals surface area contributed by atoms with Crippen molar-refractivity contribution in [2.45, 2.75) is 31.8 Å². The molecule has 17 heavy (non-hydrogen) atoms. The van der Waals surface area contributed by atoms with E-state index in [4.69, 9.17) is 5.73 Å². The summed E-state index contributed by atoms with van der Waals surface area (Å²) in [5.74, 6) is 0.806. The van der Waals surface area contributed by atoms with E-state index in [2.05, 4.69) is 27.7 Å². The summed E-state index contributed by atoms with van der Waals surface area (Å²) < 4.78 is 1.78. The fourth-order valence-corrected chi connectivity index (χ4v) is 2.00. The standard InChI is InChI=1S/C12H15N5/c1-2-17-11(14-15-16-17)9-3-5-10(6-4-9)12(13)7-8-12/h3-6H,2,7-8,13H2,1H3. The van der Waals surface area contributed by atoms with Crippen molar-refractivity contribution in [1.29, 1.82) is 0 Å². The maximum Gasteiger partial charge on any atom is 0.181 e. The molecule has 0 bridgehead atoms. The van der Waals surface area contributed by atoms with Gasteiger partial charge in [0.2, 0.25) is 0 Å². The minimum Gasteiger partial charge on any atom is -0.321 e. The van der Waals surface area contributed by atoms with Crippen molar-refractivity contribution in [3.63, 3.8) is 0 Å². The Morgan fingerprint density at radius 2 is 2.00 bits per heavy atom. The minimum atomic E-state index is -0.0742. The van der Waals surface area contributed by atoms with Gasteiger partial charge in [-0.25, -0.2) is 4.68 Å². The molecular weight excluding hydrogens is 214 g/mol. The molecule has 5 heteroatoms. The van der Waals surface area contributed by atoms with Crippen LogP contribution in [-0.2, 0) is 12.1 Å². The van der Waals surface area contributed by atoms with Gasteiger partial charge in [0.05, 0.1) is 0 Å². The molecule has 0 unspecified atom stereocenters. The number of aromatic nitrogens is 4. The van der Waals surface area contributed by atoms with Gasteiger partial charge < -0.3 is 5.73 Å². The number of nitrogens with two attached hydrogens (primary N) is 1. The number of rotatable bonds is 3. The zero-order valence-corrected chi connectivity index (χ0v) is 9.80. The quantitative estimate of drug-likeness (QED) is 0.861. The fraction of sp³-hybridized carbons (Fsp3) is 0.417. The SMILES string of the molecule is CCn1nnnc1-c1ccc(C2(N)CC2)cc1. The summed E-state index contributed by atoms with van der Waals surface area (Å²) in [5, 5.41) is 11.7. The zero-order valence-electron chi connectivity index (χ0n) is 9.80. The lowest BCUT2D eigenvalue weighted by atomic mass is 10.0. The molecule has 5 nitrogen and oxygen atoms in total. The Morgan fingerprint density at radius 3 is 2.59 bits per heavy atom. The van der Waals surface area contributed by atoms with Gasteiger partial charge in [0.25, 0.3) is 0 Å². The van der Waals surface area contributed by atoms with E-state index in [-0.39, 0.29) is 5.54 Å². The van der Waals surface area contributed by atoms with Crippen molar-refractivity contribution in [2.24, 2.45) is 5.73 Å². The van der Waals surface area contributed by atoms with E-state index < -0.39 is 0 Å². The lowest BCUT2D eigenvalue weighted by molar-refractivity contribution is 0.631. The molecule has 1 aromatic carbocycles. The molecule has 0 spiro atoms. The first-order valence-corrected chi connectivity index (χ1v) is 5.89. The molecule has 1 fully saturated rings. The number of benzene rings is 1. The van der Waals surface area contributed by atoms with Crippen molar-refractivity contribution in [3.8, 4) is 11.4 Å². The number of tetrazole rings is 1. The van der Waals surface area contributed by atoms with Crippen LogP contribution in [0.1, 0.15) is 25.3 Å². The topological polar surface area (TPSA) is 69.6 Å². The van der Waals surface area contributed by atoms with Crippen LogP contribution in [0.2, 0.25) is 0 Å². The first-order chi connectivity index (χ1) is 8.23. The lowest BCUT2D eigenvalue weighted by Gasteiger charge is -2.09. The Morgan fingerprint density at radius 1 is 1.29 bits per heavy atom. The Balaban J connectivity index is 1.94. The Bertz CT molecular complexity index is 524. The molecule has 3 rings (SSSR count). The van der Waals surface area contributed by atoms with E-state index in [1.807, 2.05) is 19.1 Å². The summed E-state index contributed by atoms with van der Waals surface area (Å²) in [5.41, 5.74) is 8.31. The molecule has 2 aromatic rings. The number of aryl methyl sites for hydroxylation is 1. The largest absolute Gasteiger partial charge is 0.321 e. The second-order valence-corrected chi connectivity index (χ2v) is 4.55. The van der Waals surface area contributed by atoms with Crippen molar-refractivity contribution >= 4 is 0 Å². The summed E-state index contributed by atoms with van der Waals surface area (Å²) in [6, 6.07) is 8.24. The van der Waals surface area contributed by atoms with Crippen LogP contribution < -0.4 is 5.73 Å². The van der Waals surface area contributed by atoms with Crippen molar-refractivity contribution in [1.82, 2.24) is 20.2 Å². The predicted octanol–water partition coefficient (Wildman–Crippen LogP) is 1.31. The third kappa shape index (κ3) is 1.72. The van der Waals surface area contributed by atoms with E-state index in [1.165, 1.54) is 5.56 Å². The van der Waals surface area contributed by atoms with Crippen LogP contribution in [0.15, 0.2) is 24.3 Å². The van der Waals surface area contributed by atoms with Gasteiger partial charge in [-0.1, -0.05) is 24.3 Å². The normalized spacial score (nSPS) is 17.1. The van der Waals surface area contributed by atoms with Gasteiger partial charge >= 0.3 is 0 Å². The van der Waals surface area contributed by atoms with Gasteiger partial charge in [0.15, 0.2) is 5.82 Å². The van der Waals surface area contributed by atoms with E-state index in [9.17, 15) is 0 Å². The summed E-state index contributed by atoms with van der Waals surface area (Å²) in [6.45, 7) is 2.79. The molecule has 1 aromatic heterocycles. The average molecular weight is 229 g/mol. The molecule has 88 valence electrons. The van der Waals surface area contributed by atoms with E-state index >= 15 is 0 Å². The molecule has 0 aliphatic heterocycles. The molecule has 0 amide bonds. The molecule has 0 atom stereocenters. The number of nitrogens with zero attached hydrogens (tertiary/aromatic N) is 4. The van der Waals surface area contributed by atoms with Crippen molar-refractivity contribution < 1.29 is 0 Å². The first-order valence-electron chi connectivity index (χ1n) is 5.89. The number of hydrogen-bond donors (Lipinski definition) is 1. The zero-order chi connectivity index (χ0) is 11.9. The Kier molecular flexibility index (Phi) is 2.22. The minimum absolute atomic E-state index is 0.0742. The molecule has 2 N–H and O–H groups in total. The highest BCUT2D eigenvalue weighted by atomic mass is 15.5. The van der Waals surface area contributed by atoms with Gasteiger partial charge in [-0.05, 0) is 35.8 Å². The van der Waals surface area contributed by atoms with Crippen LogP contribution in [0.25, 0.3) is 11.4 Å². The fourth-order valence-electron chi connectivity index (χ4n) is 2.00. The van der Waals surface area contributed by atoms with Gasteiger partial charge in [0.1, 0.15) is 0 Å². The van der Waals surface area contributed by atoms with Crippen LogP contribution in [0.5, 0.6) is 0 Å². The first kappa shape index (κ1) is 10.4. The third-order valence-electron chi connectivity index (χ3n) is 3.34. The predicted molar refractivity (Wildman–Crippen MR) is 64.0 cm³/mol. The lowest BCUT2D eigenvalue weighted by Crippen LogP contribution is -2.18. The summed E-state index contributed by atoms with van der Waals surface area (Å²) in [6.07, 6.45) is 2.16. The smallest absolute Gasteiger partial charge is 0.181 e. The molecule has 0 radical (unpaired) electrons. The molecular formula is C12H15N5. The van der Waals surface area contributed by atoms with Gasteiger partial charge in [0, 0.05) is 17.6 Å². The number of hydrogen-bond acceptors (Lipinski definition) is 4. The maximum atomic E-state index is 6.15.